The summed E-state index contributed by atoms with van der Waals surface area (Å²) >= 11 is 1.85. The quantitative estimate of drug-likeness (QED) is 0.572. The highest BCUT2D eigenvalue weighted by atomic mass is 32.2. The van der Waals surface area contributed by atoms with Crippen molar-refractivity contribution in [2.75, 3.05) is 0 Å². The van der Waals surface area contributed by atoms with E-state index in [1.807, 2.05) is 17.8 Å². The Balaban J connectivity index is 1.81. The van der Waals surface area contributed by atoms with Crippen LogP contribution in [0.2, 0.25) is 0 Å². The summed E-state index contributed by atoms with van der Waals surface area (Å²) in [5, 5.41) is 1.44. The van der Waals surface area contributed by atoms with Crippen molar-refractivity contribution in [3.8, 4) is 0 Å². The summed E-state index contributed by atoms with van der Waals surface area (Å²) in [6, 6.07) is 27.6. The van der Waals surface area contributed by atoms with E-state index in [0.29, 0.717) is 5.25 Å². The van der Waals surface area contributed by atoms with Crippen LogP contribution in [-0.4, -0.2) is 5.04 Å². The highest BCUT2D eigenvalue weighted by Crippen LogP contribution is 2.46. The molecule has 1 nitrogen and oxygen atoms in total. The van der Waals surface area contributed by atoms with Gasteiger partial charge >= 0.3 is 0 Å². The van der Waals surface area contributed by atoms with Crippen LogP contribution >= 0.6 is 11.8 Å². The Morgan fingerprint density at radius 3 is 2.30 bits per heavy atom. The third kappa shape index (κ3) is 2.71. The molecule has 23 heavy (non-hydrogen) atoms. The van der Waals surface area contributed by atoms with E-state index >= 15 is 0 Å². The molecule has 0 spiro atoms. The van der Waals surface area contributed by atoms with Gasteiger partial charge in [0.25, 0.3) is 0 Å². The lowest BCUT2D eigenvalue weighted by molar-refractivity contribution is 1.17. The summed E-state index contributed by atoms with van der Waals surface area (Å²) < 4.78 is 0. The molecule has 2 heteroatoms. The van der Waals surface area contributed by atoms with Crippen molar-refractivity contribution in [1.82, 2.24) is 0 Å². The molecule has 1 unspecified atom stereocenters. The van der Waals surface area contributed by atoms with Crippen LogP contribution in [0.5, 0.6) is 0 Å². The van der Waals surface area contributed by atoms with E-state index in [2.05, 4.69) is 79.7 Å². The van der Waals surface area contributed by atoms with Crippen LogP contribution in [0.15, 0.2) is 83.9 Å². The van der Waals surface area contributed by atoms with Crippen LogP contribution in [-0.2, 0) is 0 Å². The number of hydrogen-bond donors (Lipinski definition) is 0. The van der Waals surface area contributed by atoms with Gasteiger partial charge in [0, 0.05) is 5.56 Å². The van der Waals surface area contributed by atoms with Gasteiger partial charge in [-0.3, -0.25) is 0 Å². The van der Waals surface area contributed by atoms with Crippen molar-refractivity contribution >= 4 is 22.5 Å². The van der Waals surface area contributed by atoms with Crippen LogP contribution < -0.4 is 0 Å². The Morgan fingerprint density at radius 1 is 0.783 bits per heavy atom. The first kappa shape index (κ1) is 14.3. The minimum atomic E-state index is 0.329. The summed E-state index contributed by atoms with van der Waals surface area (Å²) in [6.45, 7) is 2.11. The Hall–Kier alpha value is -2.32. The number of nitrogens with zero attached hydrogens (tertiary/aromatic N) is 1. The summed E-state index contributed by atoms with van der Waals surface area (Å²) in [5.74, 6) is 0. The molecule has 0 saturated carbocycles. The van der Waals surface area contributed by atoms with Crippen molar-refractivity contribution in [2.45, 2.75) is 12.2 Å². The molecule has 112 valence electrons. The van der Waals surface area contributed by atoms with E-state index in [-0.39, 0.29) is 0 Å². The SMILES string of the molecule is Cc1ccccc1N=C1SC(c2ccccc2)c2ccccc21. The Morgan fingerprint density at radius 2 is 1.48 bits per heavy atom. The van der Waals surface area contributed by atoms with Gasteiger partial charge in [-0.1, -0.05) is 84.6 Å². The van der Waals surface area contributed by atoms with Gasteiger partial charge in [-0.25, -0.2) is 4.99 Å². The van der Waals surface area contributed by atoms with Crippen LogP contribution in [0.3, 0.4) is 0 Å². The summed E-state index contributed by atoms with van der Waals surface area (Å²) in [4.78, 5) is 4.95. The third-order valence-electron chi connectivity index (χ3n) is 4.14. The van der Waals surface area contributed by atoms with Crippen molar-refractivity contribution < 1.29 is 0 Å². The molecule has 1 atom stereocenters. The van der Waals surface area contributed by atoms with Crippen LogP contribution in [0.25, 0.3) is 0 Å². The van der Waals surface area contributed by atoms with E-state index in [4.69, 9.17) is 4.99 Å². The van der Waals surface area contributed by atoms with Gasteiger partial charge in [0.05, 0.1) is 10.9 Å². The fourth-order valence-electron chi connectivity index (χ4n) is 2.92. The van der Waals surface area contributed by atoms with E-state index < -0.39 is 0 Å². The second-order valence-corrected chi connectivity index (χ2v) is 6.79. The number of para-hydroxylation sites is 1. The smallest absolute Gasteiger partial charge is 0.105 e. The lowest BCUT2D eigenvalue weighted by Gasteiger charge is -2.09. The maximum atomic E-state index is 4.95. The van der Waals surface area contributed by atoms with Gasteiger partial charge in [0.2, 0.25) is 0 Å². The first-order valence-corrected chi connectivity index (χ1v) is 8.66. The number of hydrogen-bond acceptors (Lipinski definition) is 2. The van der Waals surface area contributed by atoms with Gasteiger partial charge in [-0.05, 0) is 29.7 Å². The van der Waals surface area contributed by atoms with Crippen LogP contribution in [0.4, 0.5) is 5.69 Å². The molecule has 0 radical (unpaired) electrons. The van der Waals surface area contributed by atoms with Gasteiger partial charge in [-0.2, -0.15) is 0 Å². The van der Waals surface area contributed by atoms with Crippen LogP contribution in [0.1, 0.15) is 27.5 Å². The number of rotatable bonds is 2. The first-order valence-electron chi connectivity index (χ1n) is 7.78. The normalized spacial score (nSPS) is 18.1. The minimum Gasteiger partial charge on any atom is -0.241 e. The van der Waals surface area contributed by atoms with E-state index in [9.17, 15) is 0 Å². The van der Waals surface area contributed by atoms with Gasteiger partial charge < -0.3 is 0 Å². The Kier molecular flexibility index (Phi) is 3.76. The number of aryl methyl sites for hydroxylation is 1. The fourth-order valence-corrected chi connectivity index (χ4v) is 4.23. The fraction of sp³-hybridized carbons (Fsp3) is 0.0952. The largest absolute Gasteiger partial charge is 0.241 e. The standard InChI is InChI=1S/C21H17NS/c1-15-9-5-8-14-19(15)22-21-18-13-7-6-12-17(18)20(23-21)16-10-3-2-4-11-16/h2-14,20H,1H3. The van der Waals surface area contributed by atoms with Gasteiger partial charge in [0.15, 0.2) is 0 Å². The Labute approximate surface area is 141 Å². The zero-order valence-corrected chi connectivity index (χ0v) is 13.8. The summed E-state index contributed by atoms with van der Waals surface area (Å²) in [7, 11) is 0. The minimum absolute atomic E-state index is 0.329. The maximum absolute atomic E-state index is 4.95. The zero-order chi connectivity index (χ0) is 15.6. The van der Waals surface area contributed by atoms with Crippen molar-refractivity contribution in [3.05, 3.63) is 101 Å². The van der Waals surface area contributed by atoms with Crippen molar-refractivity contribution in [2.24, 2.45) is 4.99 Å². The monoisotopic (exact) mass is 315 g/mol. The number of benzene rings is 3. The Bertz CT molecular complexity index is 868. The molecule has 4 rings (SSSR count). The summed E-state index contributed by atoms with van der Waals surface area (Å²) in [6.07, 6.45) is 0. The molecular weight excluding hydrogens is 298 g/mol. The molecule has 1 heterocycles. The second-order valence-electron chi connectivity index (χ2n) is 5.70. The molecular formula is C21H17NS. The molecule has 0 saturated heterocycles. The number of fused-ring (bicyclic) bond motifs is 1. The van der Waals surface area contributed by atoms with E-state index in [1.54, 1.807) is 0 Å². The first-order chi connectivity index (χ1) is 11.3. The zero-order valence-electron chi connectivity index (χ0n) is 12.9. The highest BCUT2D eigenvalue weighted by molar-refractivity contribution is 8.15. The molecule has 0 bridgehead atoms. The molecule has 0 N–H and O–H groups in total. The summed E-state index contributed by atoms with van der Waals surface area (Å²) in [5.41, 5.74) is 6.21. The van der Waals surface area contributed by atoms with Gasteiger partial charge in [0.1, 0.15) is 5.04 Å². The van der Waals surface area contributed by atoms with E-state index in [0.717, 1.165) is 10.7 Å². The topological polar surface area (TPSA) is 12.4 Å². The van der Waals surface area contributed by atoms with Crippen molar-refractivity contribution in [1.29, 1.82) is 0 Å². The highest BCUT2D eigenvalue weighted by Gasteiger charge is 2.29. The molecule has 0 aliphatic carbocycles. The predicted octanol–water partition coefficient (Wildman–Crippen LogP) is 5.91. The van der Waals surface area contributed by atoms with Crippen molar-refractivity contribution in [3.63, 3.8) is 0 Å². The third-order valence-corrected chi connectivity index (χ3v) is 5.44. The predicted molar refractivity (Wildman–Crippen MR) is 99.7 cm³/mol. The maximum Gasteiger partial charge on any atom is 0.105 e. The molecule has 0 aromatic heterocycles. The average Bonchev–Trinajstić information content (AvgIpc) is 2.97. The van der Waals surface area contributed by atoms with Gasteiger partial charge in [-0.15, -0.1) is 0 Å². The molecule has 3 aromatic carbocycles. The number of thioether (sulfide) groups is 1. The van der Waals surface area contributed by atoms with Crippen LogP contribution in [0, 0.1) is 6.92 Å². The second kappa shape index (κ2) is 6.05. The molecule has 3 aromatic rings. The number of aliphatic imine (C=N–C) groups is 1. The lowest BCUT2D eigenvalue weighted by atomic mass is 10.0. The molecule has 1 aliphatic rings. The lowest BCUT2D eigenvalue weighted by Crippen LogP contribution is -1.92. The van der Waals surface area contributed by atoms with E-state index in [1.165, 1.54) is 22.3 Å². The molecule has 0 fully saturated rings. The molecule has 0 amide bonds. The average molecular weight is 315 g/mol. The molecule has 1 aliphatic heterocycles.